The number of carbonyl (C=O) groups is 1. The van der Waals surface area contributed by atoms with Crippen LogP contribution in [0.4, 0.5) is 0 Å². The summed E-state index contributed by atoms with van der Waals surface area (Å²) in [4.78, 5) is 11.8. The van der Waals surface area contributed by atoms with Crippen molar-refractivity contribution in [3.05, 3.63) is 30.3 Å². The van der Waals surface area contributed by atoms with Crippen LogP contribution >= 0.6 is 11.8 Å². The van der Waals surface area contributed by atoms with Crippen LogP contribution in [0.15, 0.2) is 30.3 Å². The molecular weight excluding hydrogens is 295 g/mol. The number of rotatable bonds is 6. The molecule has 0 radical (unpaired) electrons. The van der Waals surface area contributed by atoms with Gasteiger partial charge < -0.3 is 0 Å². The second-order valence-electron chi connectivity index (χ2n) is 4.85. The molecule has 0 heterocycles. The van der Waals surface area contributed by atoms with Crippen LogP contribution in [0.5, 0.6) is 0 Å². The van der Waals surface area contributed by atoms with Crippen molar-refractivity contribution in [2.24, 2.45) is 0 Å². The van der Waals surface area contributed by atoms with Crippen LogP contribution in [0.2, 0.25) is 0 Å². The van der Waals surface area contributed by atoms with Gasteiger partial charge in [-0.25, -0.2) is 0 Å². The van der Waals surface area contributed by atoms with Gasteiger partial charge in [-0.1, -0.05) is 0 Å². The first-order chi connectivity index (χ1) is 7.97. The zero-order valence-electron chi connectivity index (χ0n) is 10.7. The number of hydrogen-bond donors (Lipinski definition) is 0. The van der Waals surface area contributed by atoms with Gasteiger partial charge in [-0.2, -0.15) is 0 Å². The molecule has 0 atom stereocenters. The fraction of sp³-hybridized carbons (Fsp3) is 0.500. The van der Waals surface area contributed by atoms with Crippen LogP contribution < -0.4 is 4.46 Å². The Balaban J connectivity index is 2.18. The Morgan fingerprint density at radius 2 is 1.88 bits per heavy atom. The Hall–Kier alpha value is -0.241. The summed E-state index contributed by atoms with van der Waals surface area (Å²) in [6.07, 6.45) is 1.74. The summed E-state index contributed by atoms with van der Waals surface area (Å²) >= 11 is 1.94. The molecule has 0 bridgehead atoms. The molecule has 0 N–H and O–H groups in total. The maximum absolute atomic E-state index is 11.8. The van der Waals surface area contributed by atoms with E-state index in [9.17, 15) is 4.79 Å². The Morgan fingerprint density at radius 3 is 2.47 bits per heavy atom. The minimum atomic E-state index is 0.00760. The van der Waals surface area contributed by atoms with Crippen molar-refractivity contribution < 1.29 is 4.79 Å². The Morgan fingerprint density at radius 1 is 1.24 bits per heavy atom. The Kier molecular flexibility index (Phi) is 6.32. The standard InChI is InChI=1S/C14H20OSSe/c1-14(2,3)16-11-7-10-13(15)17-12-8-5-4-6-9-12/h4-6,8-9H,7,10-11H2,1-3H3. The van der Waals surface area contributed by atoms with E-state index in [-0.39, 0.29) is 15.0 Å². The van der Waals surface area contributed by atoms with Crippen molar-refractivity contribution in [3.63, 3.8) is 0 Å². The summed E-state index contributed by atoms with van der Waals surface area (Å²) in [5.41, 5.74) is 0. The monoisotopic (exact) mass is 316 g/mol. The molecule has 0 aromatic heterocycles. The molecule has 0 aliphatic heterocycles. The SMILES string of the molecule is CC(C)(C)SCCCC(=O)[Se]c1ccccc1. The molecule has 1 aromatic carbocycles. The van der Waals surface area contributed by atoms with Crippen LogP contribution in [-0.2, 0) is 4.79 Å². The molecule has 0 saturated heterocycles. The average molecular weight is 315 g/mol. The van der Waals surface area contributed by atoms with Gasteiger partial charge >= 0.3 is 115 Å². The van der Waals surface area contributed by atoms with E-state index in [1.54, 1.807) is 0 Å². The van der Waals surface area contributed by atoms with Crippen molar-refractivity contribution in [2.75, 3.05) is 5.75 Å². The van der Waals surface area contributed by atoms with Gasteiger partial charge in [0, 0.05) is 0 Å². The first-order valence-corrected chi connectivity index (χ1v) is 8.57. The normalized spacial score (nSPS) is 11.5. The van der Waals surface area contributed by atoms with Crippen molar-refractivity contribution in [1.29, 1.82) is 0 Å². The van der Waals surface area contributed by atoms with E-state index >= 15 is 0 Å². The van der Waals surface area contributed by atoms with Gasteiger partial charge in [-0.05, 0) is 0 Å². The minimum absolute atomic E-state index is 0.00760. The molecule has 3 heteroatoms. The van der Waals surface area contributed by atoms with Gasteiger partial charge in [0.1, 0.15) is 0 Å². The molecule has 0 spiro atoms. The van der Waals surface area contributed by atoms with E-state index in [4.69, 9.17) is 0 Å². The third-order valence-corrected chi connectivity index (χ3v) is 5.37. The summed E-state index contributed by atoms with van der Waals surface area (Å²) in [7, 11) is 0. The molecule has 17 heavy (non-hydrogen) atoms. The van der Waals surface area contributed by atoms with Crippen molar-refractivity contribution in [1.82, 2.24) is 0 Å². The summed E-state index contributed by atoms with van der Waals surface area (Å²) in [6.45, 7) is 6.65. The van der Waals surface area contributed by atoms with Crippen molar-refractivity contribution >= 4 is 35.9 Å². The fourth-order valence-corrected chi connectivity index (χ4v) is 3.85. The third kappa shape index (κ3) is 7.64. The van der Waals surface area contributed by atoms with E-state index in [2.05, 4.69) is 20.8 Å². The fourth-order valence-electron chi connectivity index (χ4n) is 1.27. The molecule has 0 unspecified atom stereocenters. The Labute approximate surface area is 115 Å². The van der Waals surface area contributed by atoms with E-state index in [0.29, 0.717) is 9.43 Å². The van der Waals surface area contributed by atoms with Gasteiger partial charge in [-0.3, -0.25) is 0 Å². The van der Waals surface area contributed by atoms with Crippen molar-refractivity contribution in [2.45, 2.75) is 38.4 Å². The van der Waals surface area contributed by atoms with Crippen molar-refractivity contribution in [3.8, 4) is 0 Å². The molecule has 0 fully saturated rings. The summed E-state index contributed by atoms with van der Waals surface area (Å²) < 4.78 is 1.92. The van der Waals surface area contributed by atoms with Crippen LogP contribution in [0.25, 0.3) is 0 Å². The van der Waals surface area contributed by atoms with Crippen LogP contribution in [0, 0.1) is 0 Å². The van der Waals surface area contributed by atoms with Gasteiger partial charge in [0.15, 0.2) is 0 Å². The second-order valence-corrected chi connectivity index (χ2v) is 9.15. The number of carbonyl (C=O) groups excluding carboxylic acids is 1. The number of hydrogen-bond acceptors (Lipinski definition) is 2. The van der Waals surface area contributed by atoms with Gasteiger partial charge in [0.25, 0.3) is 0 Å². The summed E-state index contributed by atoms with van der Waals surface area (Å²) in [6, 6.07) is 10.1. The maximum atomic E-state index is 11.8. The zero-order chi connectivity index (χ0) is 12.7. The molecule has 1 rings (SSSR count). The van der Waals surface area contributed by atoms with Crippen LogP contribution in [0.1, 0.15) is 33.6 Å². The molecule has 1 nitrogen and oxygen atoms in total. The summed E-state index contributed by atoms with van der Waals surface area (Å²) in [5.74, 6) is 1.08. The molecule has 0 aliphatic rings. The molecular formula is C14H20OSSe. The third-order valence-electron chi connectivity index (χ3n) is 2.04. The quantitative estimate of drug-likeness (QED) is 0.593. The topological polar surface area (TPSA) is 17.1 Å². The van der Waals surface area contributed by atoms with E-state index in [1.807, 2.05) is 42.1 Å². The molecule has 1 aromatic rings. The van der Waals surface area contributed by atoms with Crippen LogP contribution in [0.3, 0.4) is 0 Å². The first kappa shape index (κ1) is 14.8. The Bertz CT molecular complexity index is 343. The van der Waals surface area contributed by atoms with Crippen LogP contribution in [-0.4, -0.2) is 30.1 Å². The first-order valence-electron chi connectivity index (χ1n) is 5.87. The van der Waals surface area contributed by atoms with E-state index < -0.39 is 0 Å². The van der Waals surface area contributed by atoms with E-state index in [0.717, 1.165) is 18.6 Å². The average Bonchev–Trinajstić information content (AvgIpc) is 2.25. The number of thioether (sulfide) groups is 1. The van der Waals surface area contributed by atoms with Gasteiger partial charge in [0.05, 0.1) is 0 Å². The molecule has 0 aliphatic carbocycles. The van der Waals surface area contributed by atoms with Gasteiger partial charge in [0.2, 0.25) is 0 Å². The molecule has 0 amide bonds. The second kappa shape index (κ2) is 7.25. The predicted octanol–water partition coefficient (Wildman–Crippen LogP) is 2.85. The van der Waals surface area contributed by atoms with E-state index in [1.165, 1.54) is 4.46 Å². The molecule has 0 saturated carbocycles. The predicted molar refractivity (Wildman–Crippen MR) is 78.3 cm³/mol. The summed E-state index contributed by atoms with van der Waals surface area (Å²) in [5, 5.41) is 0. The zero-order valence-corrected chi connectivity index (χ0v) is 13.3. The number of benzene rings is 1. The molecule has 94 valence electrons. The van der Waals surface area contributed by atoms with Gasteiger partial charge in [-0.15, -0.1) is 0 Å².